The largest absolute Gasteiger partial charge is 0.457 e. The van der Waals surface area contributed by atoms with Crippen molar-refractivity contribution in [2.75, 3.05) is 0 Å². The lowest BCUT2D eigenvalue weighted by Crippen LogP contribution is -1.98. The number of hydrogen-bond acceptors (Lipinski definition) is 5. The molecule has 0 amide bonds. The van der Waals surface area contributed by atoms with Gasteiger partial charge < -0.3 is 9.47 Å². The van der Waals surface area contributed by atoms with Crippen LogP contribution in [-0.4, -0.2) is 10.9 Å². The Labute approximate surface area is 172 Å². The van der Waals surface area contributed by atoms with E-state index in [1.54, 1.807) is 42.5 Å². The van der Waals surface area contributed by atoms with E-state index in [9.17, 15) is 14.9 Å². The van der Waals surface area contributed by atoms with E-state index in [0.717, 1.165) is 16.9 Å². The number of ether oxygens (including phenoxy) is 2. The van der Waals surface area contributed by atoms with E-state index in [0.29, 0.717) is 22.6 Å². The van der Waals surface area contributed by atoms with Gasteiger partial charge in [-0.1, -0.05) is 24.3 Å². The number of nitro benzene ring substituents is 1. The third-order valence-electron chi connectivity index (χ3n) is 4.63. The quantitative estimate of drug-likeness (QED) is 0.239. The molecule has 0 saturated heterocycles. The summed E-state index contributed by atoms with van der Waals surface area (Å²) in [4.78, 5) is 22.9. The van der Waals surface area contributed by atoms with Crippen molar-refractivity contribution in [3.8, 4) is 11.5 Å². The molecule has 0 aliphatic carbocycles. The van der Waals surface area contributed by atoms with E-state index < -0.39 is 10.9 Å². The van der Waals surface area contributed by atoms with E-state index in [1.807, 2.05) is 37.3 Å². The molecule has 3 aromatic carbocycles. The summed E-state index contributed by atoms with van der Waals surface area (Å²) in [6.07, 6.45) is 3.23. The lowest BCUT2D eigenvalue weighted by Gasteiger charge is -2.06. The molecule has 6 nitrogen and oxygen atoms in total. The highest BCUT2D eigenvalue weighted by molar-refractivity contribution is 6.05. The maximum Gasteiger partial charge on any atom is 0.343 e. The van der Waals surface area contributed by atoms with E-state index in [2.05, 4.69) is 0 Å². The minimum Gasteiger partial charge on any atom is -0.457 e. The summed E-state index contributed by atoms with van der Waals surface area (Å²) in [7, 11) is 0. The number of benzene rings is 3. The number of hydrogen-bond donors (Lipinski definition) is 0. The van der Waals surface area contributed by atoms with Gasteiger partial charge in [-0.25, -0.2) is 4.79 Å². The molecule has 0 spiro atoms. The van der Waals surface area contributed by atoms with Gasteiger partial charge in [0.2, 0.25) is 0 Å². The Morgan fingerprint density at radius 3 is 2.37 bits per heavy atom. The molecule has 1 aliphatic heterocycles. The first kappa shape index (κ1) is 19.1. The fourth-order valence-electron chi connectivity index (χ4n) is 3.01. The zero-order valence-corrected chi connectivity index (χ0v) is 16.1. The molecular formula is C24H17NO5. The Balaban J connectivity index is 1.57. The standard InChI is InChI=1S/C24H17NO5/c1-16-7-10-20(25(27)28)14-18(16)13-19-15-23(30-24(19)26)17-8-11-22(12-9-17)29-21-5-3-2-4-6-21/h2-15H,1H3/b19-13+. The highest BCUT2D eigenvalue weighted by Gasteiger charge is 2.22. The molecule has 0 radical (unpaired) electrons. The van der Waals surface area contributed by atoms with Crippen LogP contribution in [0.2, 0.25) is 0 Å². The van der Waals surface area contributed by atoms with Crippen LogP contribution in [0.15, 0.2) is 84.4 Å². The predicted molar refractivity (Wildman–Crippen MR) is 113 cm³/mol. The number of nitro groups is 1. The fourth-order valence-corrected chi connectivity index (χ4v) is 3.01. The molecule has 0 saturated carbocycles. The Kier molecular flexibility index (Phi) is 5.13. The van der Waals surface area contributed by atoms with Gasteiger partial charge in [0, 0.05) is 17.7 Å². The summed E-state index contributed by atoms with van der Waals surface area (Å²) in [5.41, 5.74) is 2.45. The van der Waals surface area contributed by atoms with Gasteiger partial charge in [-0.05, 0) is 66.6 Å². The molecule has 6 heteroatoms. The molecular weight excluding hydrogens is 382 g/mol. The Morgan fingerprint density at radius 1 is 0.967 bits per heavy atom. The molecule has 4 rings (SSSR count). The van der Waals surface area contributed by atoms with Crippen LogP contribution in [0.4, 0.5) is 5.69 Å². The Bertz CT molecular complexity index is 1180. The van der Waals surface area contributed by atoms with Gasteiger partial charge in [0.15, 0.2) is 0 Å². The van der Waals surface area contributed by atoms with Crippen LogP contribution >= 0.6 is 0 Å². The van der Waals surface area contributed by atoms with Gasteiger partial charge in [0.25, 0.3) is 5.69 Å². The number of carbonyl (C=O) groups excluding carboxylic acids is 1. The minimum atomic E-state index is -0.500. The third kappa shape index (κ3) is 4.12. The number of esters is 1. The maximum atomic E-state index is 12.3. The number of carbonyl (C=O) groups is 1. The second kappa shape index (κ2) is 8.05. The highest BCUT2D eigenvalue weighted by Crippen LogP contribution is 2.30. The molecule has 30 heavy (non-hydrogen) atoms. The normalized spacial score (nSPS) is 14.4. The molecule has 0 aromatic heterocycles. The van der Waals surface area contributed by atoms with Gasteiger partial charge in [0.1, 0.15) is 17.3 Å². The van der Waals surface area contributed by atoms with Gasteiger partial charge in [-0.15, -0.1) is 0 Å². The van der Waals surface area contributed by atoms with Gasteiger partial charge in [-0.2, -0.15) is 0 Å². The monoisotopic (exact) mass is 399 g/mol. The fraction of sp³-hybridized carbons (Fsp3) is 0.0417. The summed E-state index contributed by atoms with van der Waals surface area (Å²) in [6, 6.07) is 21.2. The minimum absolute atomic E-state index is 0.0305. The lowest BCUT2D eigenvalue weighted by molar-refractivity contribution is -0.384. The van der Waals surface area contributed by atoms with Crippen molar-refractivity contribution in [2.24, 2.45) is 0 Å². The first-order chi connectivity index (χ1) is 14.5. The van der Waals surface area contributed by atoms with E-state index in [4.69, 9.17) is 9.47 Å². The van der Waals surface area contributed by atoms with Crippen LogP contribution in [0, 0.1) is 17.0 Å². The van der Waals surface area contributed by atoms with Crippen LogP contribution < -0.4 is 4.74 Å². The summed E-state index contributed by atoms with van der Waals surface area (Å²) in [5.74, 6) is 1.31. The van der Waals surface area contributed by atoms with Gasteiger partial charge in [0.05, 0.1) is 10.5 Å². The number of aryl methyl sites for hydroxylation is 1. The smallest absolute Gasteiger partial charge is 0.343 e. The second-order valence-corrected chi connectivity index (χ2v) is 6.74. The number of non-ortho nitro benzene ring substituents is 1. The summed E-state index contributed by atoms with van der Waals surface area (Å²) >= 11 is 0. The average molecular weight is 399 g/mol. The molecule has 1 heterocycles. The summed E-state index contributed by atoms with van der Waals surface area (Å²) in [6.45, 7) is 1.83. The van der Waals surface area contributed by atoms with Crippen molar-refractivity contribution in [2.45, 2.75) is 6.92 Å². The van der Waals surface area contributed by atoms with E-state index >= 15 is 0 Å². The van der Waals surface area contributed by atoms with Crippen LogP contribution in [0.1, 0.15) is 16.7 Å². The zero-order chi connectivity index (χ0) is 21.1. The number of nitrogens with zero attached hydrogens (tertiary/aromatic N) is 1. The predicted octanol–water partition coefficient (Wildman–Crippen LogP) is 5.68. The summed E-state index contributed by atoms with van der Waals surface area (Å²) in [5, 5.41) is 11.0. The SMILES string of the molecule is Cc1ccc([N+](=O)[O-])cc1/C=C1\C=C(c2ccc(Oc3ccccc3)cc2)OC1=O. The van der Waals surface area contributed by atoms with Crippen molar-refractivity contribution in [3.63, 3.8) is 0 Å². The van der Waals surface area contributed by atoms with Gasteiger partial charge >= 0.3 is 5.97 Å². The van der Waals surface area contributed by atoms with Crippen molar-refractivity contribution in [1.82, 2.24) is 0 Å². The molecule has 3 aromatic rings. The highest BCUT2D eigenvalue weighted by atomic mass is 16.6. The molecule has 0 atom stereocenters. The van der Waals surface area contributed by atoms with Crippen LogP contribution in [0.3, 0.4) is 0 Å². The first-order valence-corrected chi connectivity index (χ1v) is 9.23. The average Bonchev–Trinajstić information content (AvgIpc) is 3.11. The van der Waals surface area contributed by atoms with Crippen LogP contribution in [0.25, 0.3) is 11.8 Å². The first-order valence-electron chi connectivity index (χ1n) is 9.23. The molecule has 0 bridgehead atoms. The van der Waals surface area contributed by atoms with Crippen molar-refractivity contribution in [1.29, 1.82) is 0 Å². The topological polar surface area (TPSA) is 78.7 Å². The summed E-state index contributed by atoms with van der Waals surface area (Å²) < 4.78 is 11.2. The number of cyclic esters (lactones) is 1. The second-order valence-electron chi connectivity index (χ2n) is 6.74. The Morgan fingerprint density at radius 2 is 1.67 bits per heavy atom. The number of rotatable bonds is 5. The van der Waals surface area contributed by atoms with Gasteiger partial charge in [-0.3, -0.25) is 10.1 Å². The third-order valence-corrected chi connectivity index (χ3v) is 4.63. The Hall–Kier alpha value is -4.19. The molecule has 0 unspecified atom stereocenters. The van der Waals surface area contributed by atoms with E-state index in [-0.39, 0.29) is 5.69 Å². The molecule has 1 aliphatic rings. The molecule has 0 fully saturated rings. The molecule has 0 N–H and O–H groups in total. The van der Waals surface area contributed by atoms with Crippen molar-refractivity contribution >= 4 is 23.5 Å². The maximum absolute atomic E-state index is 12.3. The van der Waals surface area contributed by atoms with Crippen LogP contribution in [-0.2, 0) is 9.53 Å². The zero-order valence-electron chi connectivity index (χ0n) is 16.1. The number of para-hydroxylation sites is 1. The van der Waals surface area contributed by atoms with Crippen LogP contribution in [0.5, 0.6) is 11.5 Å². The molecule has 148 valence electrons. The van der Waals surface area contributed by atoms with Crippen molar-refractivity contribution < 1.29 is 19.2 Å². The van der Waals surface area contributed by atoms with E-state index in [1.165, 1.54) is 12.1 Å². The lowest BCUT2D eigenvalue weighted by atomic mass is 10.0. The van der Waals surface area contributed by atoms with Crippen molar-refractivity contribution in [3.05, 3.63) is 111 Å².